The predicted octanol–water partition coefficient (Wildman–Crippen LogP) is 3.52. The number of hydrazine groups is 1. The summed E-state index contributed by atoms with van der Waals surface area (Å²) in [5.41, 5.74) is 2.59. The van der Waals surface area contributed by atoms with Gasteiger partial charge in [0, 0.05) is 43.1 Å². The van der Waals surface area contributed by atoms with Crippen molar-refractivity contribution in [3.63, 3.8) is 0 Å². The van der Waals surface area contributed by atoms with Crippen LogP contribution in [-0.2, 0) is 9.53 Å². The number of likely N-dealkylation sites (N-methyl/N-ethyl adjacent to an activating group) is 1. The first kappa shape index (κ1) is 21.4. The molecule has 0 aliphatic carbocycles. The Labute approximate surface area is 186 Å². The highest BCUT2D eigenvalue weighted by Gasteiger charge is 2.20. The van der Waals surface area contributed by atoms with Crippen molar-refractivity contribution < 1.29 is 9.53 Å². The molecule has 1 N–H and O–H groups in total. The van der Waals surface area contributed by atoms with Gasteiger partial charge in [-0.2, -0.15) is 11.3 Å². The summed E-state index contributed by atoms with van der Waals surface area (Å²) in [6.45, 7) is 6.14. The van der Waals surface area contributed by atoms with Gasteiger partial charge in [-0.1, -0.05) is 13.0 Å². The monoisotopic (exact) mass is 438 g/mol. The maximum Gasteiger partial charge on any atom is 0.240 e. The molecule has 3 heterocycles. The Morgan fingerprint density at radius 1 is 1.16 bits per heavy atom. The van der Waals surface area contributed by atoms with Gasteiger partial charge in [0.05, 0.1) is 31.1 Å². The number of nitrogens with zero attached hydrogens (tertiary/aromatic N) is 5. The van der Waals surface area contributed by atoms with Crippen molar-refractivity contribution >= 4 is 40.3 Å². The molecule has 0 radical (unpaired) electrons. The fourth-order valence-corrected chi connectivity index (χ4v) is 4.13. The summed E-state index contributed by atoms with van der Waals surface area (Å²) in [6.07, 6.45) is 3.44. The Morgan fingerprint density at radius 3 is 2.68 bits per heavy atom. The molecule has 0 unspecified atom stereocenters. The summed E-state index contributed by atoms with van der Waals surface area (Å²) in [5.74, 6) is 0.525. The highest BCUT2D eigenvalue weighted by Crippen LogP contribution is 2.34. The molecule has 8 nitrogen and oxygen atoms in total. The van der Waals surface area contributed by atoms with Gasteiger partial charge in [-0.25, -0.2) is 20.0 Å². The number of carbonyl (C=O) groups excluding carboxylic acids is 1. The first-order valence-electron chi connectivity index (χ1n) is 10.3. The number of benzene rings is 1. The molecule has 31 heavy (non-hydrogen) atoms. The number of morpholine rings is 1. The Balaban J connectivity index is 1.50. The molecule has 1 saturated heterocycles. The minimum Gasteiger partial charge on any atom is -0.379 e. The van der Waals surface area contributed by atoms with Crippen LogP contribution in [0.4, 0.5) is 23.0 Å². The van der Waals surface area contributed by atoms with Gasteiger partial charge < -0.3 is 10.1 Å². The van der Waals surface area contributed by atoms with Crippen molar-refractivity contribution in [2.24, 2.45) is 0 Å². The number of carbonyl (C=O) groups is 1. The van der Waals surface area contributed by atoms with Crippen molar-refractivity contribution in [3.05, 3.63) is 59.6 Å². The maximum atomic E-state index is 12.8. The topological polar surface area (TPSA) is 73.8 Å². The largest absolute Gasteiger partial charge is 0.379 e. The van der Waals surface area contributed by atoms with E-state index in [9.17, 15) is 4.79 Å². The molecule has 2 aromatic heterocycles. The first-order chi connectivity index (χ1) is 15.2. The third-order valence-corrected chi connectivity index (χ3v) is 5.65. The summed E-state index contributed by atoms with van der Waals surface area (Å²) in [5, 5.41) is 11.3. The average molecular weight is 439 g/mol. The lowest BCUT2D eigenvalue weighted by molar-refractivity contribution is -0.128. The van der Waals surface area contributed by atoms with Crippen LogP contribution in [0.25, 0.3) is 0 Å². The maximum absolute atomic E-state index is 12.8. The summed E-state index contributed by atoms with van der Waals surface area (Å²) in [6, 6.07) is 11.6. The van der Waals surface area contributed by atoms with Crippen LogP contribution in [0.2, 0.25) is 0 Å². The van der Waals surface area contributed by atoms with E-state index in [0.717, 1.165) is 36.7 Å². The summed E-state index contributed by atoms with van der Waals surface area (Å²) < 4.78 is 5.41. The first-order valence-corrected chi connectivity index (χ1v) is 11.3. The number of anilines is 4. The third kappa shape index (κ3) is 5.45. The molecule has 1 aromatic carbocycles. The van der Waals surface area contributed by atoms with Crippen LogP contribution in [0.1, 0.15) is 6.92 Å². The molecule has 3 aromatic rings. The summed E-state index contributed by atoms with van der Waals surface area (Å²) in [4.78, 5) is 23.6. The normalized spacial score (nSPS) is 14.5. The minimum atomic E-state index is -0.0523. The van der Waals surface area contributed by atoms with Crippen LogP contribution < -0.4 is 10.2 Å². The molecular weight excluding hydrogens is 412 g/mol. The van der Waals surface area contributed by atoms with E-state index in [2.05, 4.69) is 32.2 Å². The minimum absolute atomic E-state index is 0.0523. The molecule has 4 rings (SSSR count). The number of thiophene rings is 1. The van der Waals surface area contributed by atoms with E-state index in [0.29, 0.717) is 25.7 Å². The van der Waals surface area contributed by atoms with Crippen LogP contribution in [0.5, 0.6) is 0 Å². The molecular formula is C22H26N6O2S. The zero-order valence-corrected chi connectivity index (χ0v) is 18.3. The van der Waals surface area contributed by atoms with Crippen molar-refractivity contribution in [1.29, 1.82) is 0 Å². The molecule has 0 bridgehead atoms. The lowest BCUT2D eigenvalue weighted by atomic mass is 10.2. The smallest absolute Gasteiger partial charge is 0.240 e. The highest BCUT2D eigenvalue weighted by atomic mass is 32.1. The van der Waals surface area contributed by atoms with Crippen LogP contribution in [0.15, 0.2) is 59.6 Å². The van der Waals surface area contributed by atoms with E-state index in [4.69, 9.17) is 4.74 Å². The van der Waals surface area contributed by atoms with Gasteiger partial charge in [-0.3, -0.25) is 9.69 Å². The fraction of sp³-hybridized carbons (Fsp3) is 0.318. The number of rotatable bonds is 8. The number of ether oxygens (including phenoxy) is 1. The number of nitrogens with one attached hydrogen (secondary N) is 1. The standard InChI is InChI=1S/C22H26N6O2S/c1-2-26(27-10-12-30-13-11-27)16-21(29)25-18-5-3-6-19(15-18)28(20-7-14-31-17-20)22-23-8-4-9-24-22/h3-9,14-15,17H,2,10-13,16H2,1H3,(H,25,29). The summed E-state index contributed by atoms with van der Waals surface area (Å²) in [7, 11) is 0. The lowest BCUT2D eigenvalue weighted by Crippen LogP contribution is -2.51. The molecule has 1 amide bonds. The van der Waals surface area contributed by atoms with E-state index >= 15 is 0 Å². The van der Waals surface area contributed by atoms with Crippen molar-refractivity contribution in [1.82, 2.24) is 20.0 Å². The van der Waals surface area contributed by atoms with Gasteiger partial charge in [0.2, 0.25) is 11.9 Å². The van der Waals surface area contributed by atoms with Crippen molar-refractivity contribution in [2.75, 3.05) is 49.6 Å². The predicted molar refractivity (Wildman–Crippen MR) is 123 cm³/mol. The lowest BCUT2D eigenvalue weighted by Gasteiger charge is -2.36. The SMILES string of the molecule is CCN(CC(=O)Nc1cccc(N(c2ccsc2)c2ncccn2)c1)N1CCOCC1. The Hall–Kier alpha value is -2.85. The molecule has 1 aliphatic rings. The number of aromatic nitrogens is 2. The van der Waals surface area contributed by atoms with Gasteiger partial charge in [0.25, 0.3) is 0 Å². The van der Waals surface area contributed by atoms with Gasteiger partial charge in [-0.15, -0.1) is 0 Å². The zero-order valence-electron chi connectivity index (χ0n) is 17.5. The van der Waals surface area contributed by atoms with Crippen LogP contribution in [0.3, 0.4) is 0 Å². The Kier molecular flexibility index (Phi) is 7.21. The van der Waals surface area contributed by atoms with Gasteiger partial charge in [0.1, 0.15) is 0 Å². The van der Waals surface area contributed by atoms with Crippen LogP contribution >= 0.6 is 11.3 Å². The zero-order chi connectivity index (χ0) is 21.5. The Morgan fingerprint density at radius 2 is 1.97 bits per heavy atom. The Bertz CT molecular complexity index is 963. The quantitative estimate of drug-likeness (QED) is 0.577. The van der Waals surface area contributed by atoms with Crippen molar-refractivity contribution in [3.8, 4) is 0 Å². The molecule has 162 valence electrons. The average Bonchev–Trinajstić information content (AvgIpc) is 3.33. The number of amides is 1. The summed E-state index contributed by atoms with van der Waals surface area (Å²) >= 11 is 1.61. The molecule has 0 spiro atoms. The fourth-order valence-electron chi connectivity index (χ4n) is 3.51. The van der Waals surface area contributed by atoms with E-state index < -0.39 is 0 Å². The van der Waals surface area contributed by atoms with Crippen LogP contribution in [-0.4, -0.2) is 65.3 Å². The number of hydrogen-bond donors (Lipinski definition) is 1. The van der Waals surface area contributed by atoms with Gasteiger partial charge in [-0.05, 0) is 35.7 Å². The second-order valence-corrected chi connectivity index (χ2v) is 7.79. The molecule has 0 atom stereocenters. The number of hydrogen-bond acceptors (Lipinski definition) is 8. The van der Waals surface area contributed by atoms with E-state index in [1.165, 1.54) is 0 Å². The third-order valence-electron chi connectivity index (χ3n) is 4.98. The second kappa shape index (κ2) is 10.5. The van der Waals surface area contributed by atoms with E-state index in [1.807, 2.05) is 46.0 Å². The second-order valence-electron chi connectivity index (χ2n) is 7.01. The molecule has 0 saturated carbocycles. The van der Waals surface area contributed by atoms with Crippen molar-refractivity contribution in [2.45, 2.75) is 6.92 Å². The van der Waals surface area contributed by atoms with Crippen LogP contribution in [0, 0.1) is 0 Å². The van der Waals surface area contributed by atoms with Gasteiger partial charge in [0.15, 0.2) is 0 Å². The van der Waals surface area contributed by atoms with Gasteiger partial charge >= 0.3 is 0 Å². The molecule has 1 fully saturated rings. The molecule has 9 heteroatoms. The van der Waals surface area contributed by atoms with E-state index in [1.54, 1.807) is 29.8 Å². The highest BCUT2D eigenvalue weighted by molar-refractivity contribution is 7.08. The van der Waals surface area contributed by atoms with E-state index in [-0.39, 0.29) is 5.91 Å². The molecule has 1 aliphatic heterocycles.